The zero-order valence-electron chi connectivity index (χ0n) is 17.9. The van der Waals surface area contributed by atoms with Crippen LogP contribution in [-0.4, -0.2) is 29.4 Å². The van der Waals surface area contributed by atoms with Gasteiger partial charge in [0, 0.05) is 12.2 Å². The molecule has 0 fully saturated rings. The van der Waals surface area contributed by atoms with Crippen molar-refractivity contribution in [2.24, 2.45) is 0 Å². The van der Waals surface area contributed by atoms with E-state index in [0.29, 0.717) is 5.69 Å². The molecule has 0 spiro atoms. The number of carbonyl (C=O) groups is 3. The van der Waals surface area contributed by atoms with Crippen molar-refractivity contribution in [3.8, 4) is 0 Å². The molecule has 174 valence electrons. The summed E-state index contributed by atoms with van der Waals surface area (Å²) in [6.45, 7) is 1.77. The number of carboxylic acids is 1. The number of carboxylic acid groups (broad SMARTS) is 1. The maximum Gasteiger partial charge on any atom is 0.416 e. The fraction of sp³-hybridized carbons (Fsp3) is 0.160. The van der Waals surface area contributed by atoms with Gasteiger partial charge < -0.3 is 10.0 Å². The summed E-state index contributed by atoms with van der Waals surface area (Å²) >= 11 is 0. The van der Waals surface area contributed by atoms with Gasteiger partial charge in [-0.3, -0.25) is 14.5 Å². The van der Waals surface area contributed by atoms with E-state index in [9.17, 15) is 32.7 Å². The second kappa shape index (κ2) is 8.66. The zero-order valence-corrected chi connectivity index (χ0v) is 17.9. The molecule has 34 heavy (non-hydrogen) atoms. The SMILES string of the molecule is CCN1C(=O)C(c2ccc(C(=O)O)cc2)C(=O)N(c2ccccc2)c2cc(C(F)(F)F)ccc21. The average molecular weight is 468 g/mol. The van der Waals surface area contributed by atoms with E-state index in [0.717, 1.165) is 17.0 Å². The van der Waals surface area contributed by atoms with Gasteiger partial charge in [-0.05, 0) is 55.0 Å². The minimum atomic E-state index is -4.65. The highest BCUT2D eigenvalue weighted by atomic mass is 19.4. The van der Waals surface area contributed by atoms with E-state index in [1.165, 1.54) is 35.2 Å². The van der Waals surface area contributed by atoms with E-state index >= 15 is 0 Å². The molecule has 0 saturated carbocycles. The van der Waals surface area contributed by atoms with E-state index in [4.69, 9.17) is 0 Å². The molecule has 1 atom stereocenters. The Bertz CT molecular complexity index is 1260. The molecular formula is C25H19F3N2O4. The number of anilines is 3. The van der Waals surface area contributed by atoms with Crippen LogP contribution in [0.4, 0.5) is 30.2 Å². The first-order valence-electron chi connectivity index (χ1n) is 10.4. The van der Waals surface area contributed by atoms with Crippen LogP contribution in [0.1, 0.15) is 34.3 Å². The second-order valence-corrected chi connectivity index (χ2v) is 7.65. The zero-order chi connectivity index (χ0) is 24.6. The Morgan fingerprint density at radius 2 is 1.56 bits per heavy atom. The van der Waals surface area contributed by atoms with Gasteiger partial charge in [-0.1, -0.05) is 30.3 Å². The quantitative estimate of drug-likeness (QED) is 0.533. The number of hydrogen-bond donors (Lipinski definition) is 1. The third-order valence-corrected chi connectivity index (χ3v) is 5.64. The molecule has 9 heteroatoms. The number of hydrogen-bond acceptors (Lipinski definition) is 3. The summed E-state index contributed by atoms with van der Waals surface area (Å²) in [7, 11) is 0. The molecule has 2 amide bonds. The number of likely N-dealkylation sites (N-methyl/N-ethyl adjacent to an activating group) is 1. The molecule has 3 aromatic carbocycles. The molecule has 1 aliphatic rings. The number of nitrogens with zero attached hydrogens (tertiary/aromatic N) is 2. The molecule has 1 unspecified atom stereocenters. The largest absolute Gasteiger partial charge is 0.478 e. The van der Waals surface area contributed by atoms with Gasteiger partial charge in [0.2, 0.25) is 11.8 Å². The predicted molar refractivity (Wildman–Crippen MR) is 119 cm³/mol. The monoisotopic (exact) mass is 468 g/mol. The molecule has 1 aliphatic heterocycles. The van der Waals surface area contributed by atoms with Gasteiger partial charge in [0.25, 0.3) is 0 Å². The van der Waals surface area contributed by atoms with Crippen molar-refractivity contribution in [2.75, 3.05) is 16.3 Å². The van der Waals surface area contributed by atoms with Gasteiger partial charge in [-0.25, -0.2) is 4.79 Å². The molecule has 4 rings (SSSR count). The number of para-hydroxylation sites is 1. The molecule has 1 heterocycles. The van der Waals surface area contributed by atoms with E-state index in [1.54, 1.807) is 37.3 Å². The number of amides is 2. The third-order valence-electron chi connectivity index (χ3n) is 5.64. The van der Waals surface area contributed by atoms with E-state index in [1.807, 2.05) is 0 Å². The molecular weight excluding hydrogens is 449 g/mol. The first-order chi connectivity index (χ1) is 16.1. The maximum absolute atomic E-state index is 13.8. The van der Waals surface area contributed by atoms with Crippen LogP contribution >= 0.6 is 0 Å². The lowest BCUT2D eigenvalue weighted by molar-refractivity contribution is -0.137. The molecule has 6 nitrogen and oxygen atoms in total. The molecule has 0 radical (unpaired) electrons. The molecule has 0 saturated heterocycles. The van der Waals surface area contributed by atoms with Crippen molar-refractivity contribution < 1.29 is 32.7 Å². The van der Waals surface area contributed by atoms with Gasteiger partial charge in [0.1, 0.15) is 5.92 Å². The van der Waals surface area contributed by atoms with Gasteiger partial charge in [0.05, 0.1) is 22.5 Å². The Morgan fingerprint density at radius 3 is 2.12 bits per heavy atom. The molecule has 3 aromatic rings. The number of benzene rings is 3. The van der Waals surface area contributed by atoms with Crippen LogP contribution in [0, 0.1) is 0 Å². The summed E-state index contributed by atoms with van der Waals surface area (Å²) in [6, 6.07) is 16.4. The van der Waals surface area contributed by atoms with Crippen LogP contribution in [0.5, 0.6) is 0 Å². The average Bonchev–Trinajstić information content (AvgIpc) is 2.89. The minimum absolute atomic E-state index is 0.0253. The van der Waals surface area contributed by atoms with Crippen molar-refractivity contribution in [2.45, 2.75) is 19.0 Å². The molecule has 0 aromatic heterocycles. The Morgan fingerprint density at radius 1 is 0.912 bits per heavy atom. The summed E-state index contributed by atoms with van der Waals surface area (Å²) in [6.07, 6.45) is -4.65. The normalized spacial score (nSPS) is 16.3. The van der Waals surface area contributed by atoms with Crippen molar-refractivity contribution in [1.82, 2.24) is 0 Å². The summed E-state index contributed by atoms with van der Waals surface area (Å²) in [4.78, 5) is 41.0. The minimum Gasteiger partial charge on any atom is -0.478 e. The highest BCUT2D eigenvalue weighted by Crippen LogP contribution is 2.44. The first kappa shape index (κ1) is 23.0. The van der Waals surface area contributed by atoms with Gasteiger partial charge >= 0.3 is 12.1 Å². The lowest BCUT2D eigenvalue weighted by atomic mass is 9.95. The number of carbonyl (C=O) groups excluding carboxylic acids is 2. The number of aromatic carboxylic acids is 1. The lowest BCUT2D eigenvalue weighted by Gasteiger charge is -2.26. The molecule has 1 N–H and O–H groups in total. The van der Waals surface area contributed by atoms with Crippen molar-refractivity contribution >= 4 is 34.8 Å². The Hall–Kier alpha value is -4.14. The van der Waals surface area contributed by atoms with Crippen LogP contribution in [-0.2, 0) is 15.8 Å². The molecule has 0 aliphatic carbocycles. The summed E-state index contributed by atoms with van der Waals surface area (Å²) in [5.74, 6) is -3.91. The fourth-order valence-electron chi connectivity index (χ4n) is 4.01. The highest BCUT2D eigenvalue weighted by Gasteiger charge is 2.42. The number of fused-ring (bicyclic) bond motifs is 1. The fourth-order valence-corrected chi connectivity index (χ4v) is 4.01. The Balaban J connectivity index is 1.96. The van der Waals surface area contributed by atoms with Gasteiger partial charge in [-0.2, -0.15) is 13.2 Å². The lowest BCUT2D eigenvalue weighted by Crippen LogP contribution is -2.39. The Labute approximate surface area is 192 Å². The van der Waals surface area contributed by atoms with Crippen LogP contribution in [0.15, 0.2) is 72.8 Å². The van der Waals surface area contributed by atoms with E-state index < -0.39 is 35.4 Å². The third kappa shape index (κ3) is 4.00. The van der Waals surface area contributed by atoms with Crippen molar-refractivity contribution in [3.63, 3.8) is 0 Å². The summed E-state index contributed by atoms with van der Waals surface area (Å²) in [5.41, 5.74) is -0.335. The smallest absolute Gasteiger partial charge is 0.416 e. The van der Waals surface area contributed by atoms with Crippen LogP contribution in [0.25, 0.3) is 0 Å². The van der Waals surface area contributed by atoms with E-state index in [-0.39, 0.29) is 29.0 Å². The summed E-state index contributed by atoms with van der Waals surface area (Å²) < 4.78 is 40.7. The summed E-state index contributed by atoms with van der Waals surface area (Å²) in [5, 5.41) is 9.17. The van der Waals surface area contributed by atoms with Gasteiger partial charge in [0.15, 0.2) is 0 Å². The maximum atomic E-state index is 13.8. The number of alkyl halides is 3. The standard InChI is InChI=1S/C25H19F3N2O4/c1-2-29-19-13-12-17(25(26,27)28)14-20(19)30(18-6-4-3-5-7-18)23(32)21(22(29)31)15-8-10-16(11-9-15)24(33)34/h3-14,21H,2H2,1H3,(H,33,34). The highest BCUT2D eigenvalue weighted by molar-refractivity contribution is 6.23. The van der Waals surface area contributed by atoms with Crippen LogP contribution < -0.4 is 9.80 Å². The Kier molecular flexibility index (Phi) is 5.87. The predicted octanol–water partition coefficient (Wildman–Crippen LogP) is 5.22. The van der Waals surface area contributed by atoms with E-state index in [2.05, 4.69) is 0 Å². The van der Waals surface area contributed by atoms with Gasteiger partial charge in [-0.15, -0.1) is 0 Å². The topological polar surface area (TPSA) is 77.9 Å². The van der Waals surface area contributed by atoms with Crippen molar-refractivity contribution in [1.29, 1.82) is 0 Å². The van der Waals surface area contributed by atoms with Crippen molar-refractivity contribution in [3.05, 3.63) is 89.5 Å². The number of rotatable bonds is 4. The first-order valence-corrected chi connectivity index (χ1v) is 10.4. The van der Waals surface area contributed by atoms with Crippen LogP contribution in [0.2, 0.25) is 0 Å². The second-order valence-electron chi connectivity index (χ2n) is 7.65. The van der Waals surface area contributed by atoms with Crippen LogP contribution in [0.3, 0.4) is 0 Å². The number of halogens is 3. The molecule has 0 bridgehead atoms.